The number of Topliss-reactive ketones (excluding diaryl/α,β-unsaturated/α-hetero) is 1. The number of ketones is 1. The molecule has 1 aliphatic rings. The molecule has 0 bridgehead atoms. The molecule has 0 fully saturated rings. The van der Waals surface area contributed by atoms with E-state index in [0.29, 0.717) is 11.3 Å². The molecule has 0 saturated heterocycles. The Labute approximate surface area is 182 Å². The third-order valence-corrected chi connectivity index (χ3v) is 6.51. The number of thiophene rings is 1. The van der Waals surface area contributed by atoms with Crippen LogP contribution in [-0.2, 0) is 9.59 Å². The number of allylic oxidation sites excluding steroid dienone is 3. The minimum atomic E-state index is -0.737. The highest BCUT2D eigenvalue weighted by molar-refractivity contribution is 7.16. The van der Waals surface area contributed by atoms with Crippen LogP contribution in [-0.4, -0.2) is 33.7 Å². The molecule has 0 N–H and O–H groups in total. The summed E-state index contributed by atoms with van der Waals surface area (Å²) in [6.45, 7) is 5.13. The van der Waals surface area contributed by atoms with Crippen molar-refractivity contribution in [3.05, 3.63) is 76.1 Å². The Morgan fingerprint density at radius 3 is 2.61 bits per heavy atom. The molecule has 0 radical (unpaired) electrons. The summed E-state index contributed by atoms with van der Waals surface area (Å²) in [4.78, 5) is 36.8. The quantitative estimate of drug-likeness (QED) is 0.556. The maximum Gasteiger partial charge on any atom is 0.342 e. The Morgan fingerprint density at radius 2 is 1.90 bits per heavy atom. The molecule has 3 aromatic heterocycles. The lowest BCUT2D eigenvalue weighted by Gasteiger charge is -2.35. The van der Waals surface area contributed by atoms with Crippen molar-refractivity contribution in [3.8, 4) is 5.75 Å². The minimum Gasteiger partial charge on any atom is -0.420 e. The maximum atomic E-state index is 14.1. The average molecular weight is 437 g/mol. The normalized spacial score (nSPS) is 16.8. The van der Waals surface area contributed by atoms with Crippen molar-refractivity contribution < 1.29 is 18.7 Å². The zero-order valence-electron chi connectivity index (χ0n) is 17.5. The van der Waals surface area contributed by atoms with Crippen LogP contribution >= 0.6 is 11.3 Å². The van der Waals surface area contributed by atoms with Crippen LogP contribution in [0.15, 0.2) is 64.7 Å². The molecule has 0 amide bonds. The van der Waals surface area contributed by atoms with Gasteiger partial charge in [-0.05, 0) is 37.8 Å². The van der Waals surface area contributed by atoms with Gasteiger partial charge in [-0.1, -0.05) is 6.07 Å². The molecule has 8 heteroatoms. The SMILES string of the molecule is CC(=O)C1=C(C)N(C)C(C)=C(C(=O)Oc2ccncc2F)C1c1csc2ncccc12. The van der Waals surface area contributed by atoms with E-state index in [1.54, 1.807) is 25.1 Å². The first-order valence-corrected chi connectivity index (χ1v) is 10.5. The molecular weight excluding hydrogens is 417 g/mol. The highest BCUT2D eigenvalue weighted by atomic mass is 32.1. The molecule has 1 unspecified atom stereocenters. The third kappa shape index (κ3) is 3.53. The van der Waals surface area contributed by atoms with Gasteiger partial charge in [0.15, 0.2) is 17.3 Å². The number of aromatic nitrogens is 2. The van der Waals surface area contributed by atoms with Crippen LogP contribution in [0.4, 0.5) is 4.39 Å². The van der Waals surface area contributed by atoms with Crippen LogP contribution in [0.2, 0.25) is 0 Å². The van der Waals surface area contributed by atoms with E-state index in [-0.39, 0.29) is 17.1 Å². The van der Waals surface area contributed by atoms with Crippen LogP contribution < -0.4 is 4.74 Å². The van der Waals surface area contributed by atoms with E-state index in [1.165, 1.54) is 30.5 Å². The molecule has 0 aliphatic carbocycles. The number of esters is 1. The van der Waals surface area contributed by atoms with Gasteiger partial charge in [-0.15, -0.1) is 11.3 Å². The number of rotatable bonds is 4. The first kappa shape index (κ1) is 20.9. The summed E-state index contributed by atoms with van der Waals surface area (Å²) >= 11 is 1.44. The van der Waals surface area contributed by atoms with E-state index < -0.39 is 17.7 Å². The van der Waals surface area contributed by atoms with E-state index in [2.05, 4.69) is 9.97 Å². The van der Waals surface area contributed by atoms with Crippen molar-refractivity contribution >= 4 is 33.3 Å². The third-order valence-electron chi connectivity index (χ3n) is 5.59. The molecule has 0 aromatic carbocycles. The highest BCUT2D eigenvalue weighted by Gasteiger charge is 2.39. The zero-order valence-corrected chi connectivity index (χ0v) is 18.3. The van der Waals surface area contributed by atoms with Crippen LogP contribution in [0.1, 0.15) is 32.3 Å². The van der Waals surface area contributed by atoms with Gasteiger partial charge in [-0.25, -0.2) is 14.2 Å². The van der Waals surface area contributed by atoms with Crippen LogP contribution in [0.25, 0.3) is 10.2 Å². The van der Waals surface area contributed by atoms with Crippen molar-refractivity contribution in [2.24, 2.45) is 0 Å². The molecule has 1 atom stereocenters. The monoisotopic (exact) mass is 437 g/mol. The van der Waals surface area contributed by atoms with Gasteiger partial charge in [-0.3, -0.25) is 9.78 Å². The van der Waals surface area contributed by atoms with E-state index in [0.717, 1.165) is 27.7 Å². The Kier molecular flexibility index (Phi) is 5.41. The number of carbonyl (C=O) groups is 2. The number of hydrogen-bond acceptors (Lipinski definition) is 7. The van der Waals surface area contributed by atoms with Crippen LogP contribution in [0.3, 0.4) is 0 Å². The van der Waals surface area contributed by atoms with Gasteiger partial charge in [-0.2, -0.15) is 0 Å². The van der Waals surface area contributed by atoms with E-state index >= 15 is 0 Å². The number of nitrogens with zero attached hydrogens (tertiary/aromatic N) is 3. The molecule has 3 aromatic rings. The predicted octanol–water partition coefficient (Wildman–Crippen LogP) is 4.60. The first-order valence-electron chi connectivity index (χ1n) is 9.61. The van der Waals surface area contributed by atoms with Gasteiger partial charge in [0, 0.05) is 53.8 Å². The fourth-order valence-corrected chi connectivity index (χ4v) is 4.86. The molecule has 0 spiro atoms. The van der Waals surface area contributed by atoms with E-state index in [9.17, 15) is 14.0 Å². The Morgan fingerprint density at radius 1 is 1.16 bits per heavy atom. The summed E-state index contributed by atoms with van der Waals surface area (Å²) in [5.41, 5.74) is 2.98. The zero-order chi connectivity index (χ0) is 22.3. The number of hydrogen-bond donors (Lipinski definition) is 0. The Bertz CT molecular complexity index is 1280. The summed E-state index contributed by atoms with van der Waals surface area (Å²) in [6.07, 6.45) is 4.03. The van der Waals surface area contributed by atoms with Crippen molar-refractivity contribution in [1.29, 1.82) is 0 Å². The molecule has 158 valence electrons. The fourth-order valence-electron chi connectivity index (χ4n) is 3.92. The van der Waals surface area contributed by atoms with E-state index in [1.807, 2.05) is 24.4 Å². The average Bonchev–Trinajstić information content (AvgIpc) is 3.17. The predicted molar refractivity (Wildman–Crippen MR) is 116 cm³/mol. The molecule has 0 saturated carbocycles. The highest BCUT2D eigenvalue weighted by Crippen LogP contribution is 2.45. The lowest BCUT2D eigenvalue weighted by Crippen LogP contribution is -2.33. The molecular formula is C23H20FN3O3S. The minimum absolute atomic E-state index is 0.148. The topological polar surface area (TPSA) is 72.4 Å². The number of ether oxygens (including phenoxy) is 1. The Balaban J connectivity index is 1.91. The van der Waals surface area contributed by atoms with Gasteiger partial charge >= 0.3 is 5.97 Å². The van der Waals surface area contributed by atoms with Gasteiger partial charge in [0.1, 0.15) is 4.83 Å². The van der Waals surface area contributed by atoms with E-state index in [4.69, 9.17) is 4.74 Å². The van der Waals surface area contributed by atoms with Crippen molar-refractivity contribution in [1.82, 2.24) is 14.9 Å². The second-order valence-electron chi connectivity index (χ2n) is 7.29. The van der Waals surface area contributed by atoms with Crippen LogP contribution in [0, 0.1) is 5.82 Å². The fraction of sp³-hybridized carbons (Fsp3) is 0.217. The van der Waals surface area contributed by atoms with Crippen molar-refractivity contribution in [2.45, 2.75) is 26.7 Å². The summed E-state index contributed by atoms with van der Waals surface area (Å²) in [7, 11) is 1.79. The van der Waals surface area contributed by atoms with Gasteiger partial charge < -0.3 is 9.64 Å². The number of halogens is 1. The number of carbonyl (C=O) groups excluding carboxylic acids is 2. The molecule has 4 rings (SSSR count). The second-order valence-corrected chi connectivity index (χ2v) is 8.15. The van der Waals surface area contributed by atoms with Gasteiger partial charge in [0.2, 0.25) is 0 Å². The summed E-state index contributed by atoms with van der Waals surface area (Å²) in [5, 5.41) is 2.78. The summed E-state index contributed by atoms with van der Waals surface area (Å²) < 4.78 is 19.5. The maximum absolute atomic E-state index is 14.1. The molecule has 31 heavy (non-hydrogen) atoms. The lowest BCUT2D eigenvalue weighted by atomic mass is 9.78. The van der Waals surface area contributed by atoms with Gasteiger partial charge in [0.25, 0.3) is 0 Å². The lowest BCUT2D eigenvalue weighted by molar-refractivity contribution is -0.130. The first-order chi connectivity index (χ1) is 14.8. The van der Waals surface area contributed by atoms with Gasteiger partial charge in [0.05, 0.1) is 11.8 Å². The number of fused-ring (bicyclic) bond motifs is 1. The Hall–Kier alpha value is -3.39. The van der Waals surface area contributed by atoms with Crippen molar-refractivity contribution in [2.75, 3.05) is 7.05 Å². The number of pyridine rings is 2. The standard InChI is InChI=1S/C23H20FN3O3S/c1-12-19(14(3)28)21(16-11-31-22-15(16)6-5-8-26-22)20(13(2)27(12)4)23(29)30-18-7-9-25-10-17(18)24/h5-11,21H,1-4H3. The second kappa shape index (κ2) is 8.03. The smallest absolute Gasteiger partial charge is 0.342 e. The van der Waals surface area contributed by atoms with Crippen LogP contribution in [0.5, 0.6) is 5.75 Å². The molecule has 1 aliphatic heterocycles. The summed E-state index contributed by atoms with van der Waals surface area (Å²) in [6, 6.07) is 5.03. The summed E-state index contributed by atoms with van der Waals surface area (Å²) in [5.74, 6) is -2.46. The largest absolute Gasteiger partial charge is 0.420 e. The van der Waals surface area contributed by atoms with Crippen molar-refractivity contribution in [3.63, 3.8) is 0 Å². The molecule has 4 heterocycles. The molecule has 6 nitrogen and oxygen atoms in total.